The molecular formula is C13H17FN2O. The molecular weight excluding hydrogens is 219 g/mol. The second-order valence-corrected chi connectivity index (χ2v) is 5.47. The van der Waals surface area contributed by atoms with Gasteiger partial charge in [-0.05, 0) is 18.1 Å². The van der Waals surface area contributed by atoms with Crippen LogP contribution in [0.4, 0.5) is 4.39 Å². The molecule has 0 saturated carbocycles. The predicted molar refractivity (Wildman–Crippen MR) is 62.7 cm³/mol. The molecule has 2 heterocycles. The van der Waals surface area contributed by atoms with Gasteiger partial charge in [-0.2, -0.15) is 4.39 Å². The summed E-state index contributed by atoms with van der Waals surface area (Å²) in [6.07, 6.45) is 2.44. The van der Waals surface area contributed by atoms with Gasteiger partial charge in [0, 0.05) is 18.2 Å². The maximum absolute atomic E-state index is 12.7. The van der Waals surface area contributed by atoms with E-state index < -0.39 is 5.95 Å². The number of carbonyl (C=O) groups excluding carboxylic acids is 1. The molecule has 4 heteroatoms. The molecule has 1 aromatic heterocycles. The number of pyridine rings is 1. The van der Waals surface area contributed by atoms with Gasteiger partial charge in [-0.1, -0.05) is 26.8 Å². The van der Waals surface area contributed by atoms with Gasteiger partial charge in [0.2, 0.25) is 11.9 Å². The van der Waals surface area contributed by atoms with Gasteiger partial charge < -0.3 is 4.90 Å². The van der Waals surface area contributed by atoms with Gasteiger partial charge in [0.15, 0.2) is 0 Å². The summed E-state index contributed by atoms with van der Waals surface area (Å²) in [5.41, 5.74) is 0.543. The highest BCUT2D eigenvalue weighted by Crippen LogP contribution is 2.36. The molecule has 1 amide bonds. The summed E-state index contributed by atoms with van der Waals surface area (Å²) in [5, 5.41) is 0. The molecule has 1 fully saturated rings. The molecule has 0 aliphatic carbocycles. The molecule has 0 bridgehead atoms. The minimum Gasteiger partial charge on any atom is -0.335 e. The van der Waals surface area contributed by atoms with E-state index >= 15 is 0 Å². The van der Waals surface area contributed by atoms with Crippen LogP contribution < -0.4 is 0 Å². The maximum Gasteiger partial charge on any atom is 0.228 e. The summed E-state index contributed by atoms with van der Waals surface area (Å²) in [6, 6.07) is 3.11. The Hall–Kier alpha value is -1.45. The van der Waals surface area contributed by atoms with Gasteiger partial charge in [-0.3, -0.25) is 4.79 Å². The number of likely N-dealkylation sites (tertiary alicyclic amines) is 1. The third-order valence-corrected chi connectivity index (χ3v) is 3.06. The van der Waals surface area contributed by atoms with Crippen molar-refractivity contribution >= 4 is 5.91 Å². The zero-order valence-corrected chi connectivity index (χ0v) is 10.4. The number of rotatable bonds is 1. The zero-order valence-electron chi connectivity index (χ0n) is 10.4. The van der Waals surface area contributed by atoms with Gasteiger partial charge in [-0.25, -0.2) is 4.98 Å². The monoisotopic (exact) mass is 236 g/mol. The maximum atomic E-state index is 12.7. The molecule has 1 unspecified atom stereocenters. The van der Waals surface area contributed by atoms with Crippen LogP contribution in [-0.2, 0) is 4.79 Å². The third-order valence-electron chi connectivity index (χ3n) is 3.06. The summed E-state index contributed by atoms with van der Waals surface area (Å²) < 4.78 is 12.7. The first-order chi connectivity index (χ1) is 7.89. The first kappa shape index (κ1) is 12.0. The van der Waals surface area contributed by atoms with Gasteiger partial charge in [0.1, 0.15) is 0 Å². The second-order valence-electron chi connectivity index (χ2n) is 5.47. The second kappa shape index (κ2) is 4.09. The first-order valence-corrected chi connectivity index (χ1v) is 5.82. The molecule has 0 aromatic carbocycles. The molecule has 1 atom stereocenters. The van der Waals surface area contributed by atoms with E-state index in [1.165, 1.54) is 12.3 Å². The number of amides is 1. The van der Waals surface area contributed by atoms with E-state index in [0.717, 1.165) is 18.5 Å². The Morgan fingerprint density at radius 3 is 2.59 bits per heavy atom. The van der Waals surface area contributed by atoms with Crippen molar-refractivity contribution < 1.29 is 9.18 Å². The summed E-state index contributed by atoms with van der Waals surface area (Å²) in [6.45, 7) is 6.51. The lowest BCUT2D eigenvalue weighted by atomic mass is 9.88. The van der Waals surface area contributed by atoms with E-state index in [1.54, 1.807) is 6.07 Å². The minimum absolute atomic E-state index is 0.0647. The van der Waals surface area contributed by atoms with Crippen LogP contribution in [0, 0.1) is 11.4 Å². The Kier molecular flexibility index (Phi) is 2.89. The van der Waals surface area contributed by atoms with Gasteiger partial charge >= 0.3 is 0 Å². The summed E-state index contributed by atoms with van der Waals surface area (Å²) in [5.74, 6) is -0.347. The molecule has 1 aromatic rings. The van der Waals surface area contributed by atoms with E-state index in [-0.39, 0.29) is 17.4 Å². The van der Waals surface area contributed by atoms with E-state index in [4.69, 9.17) is 0 Å². The highest BCUT2D eigenvalue weighted by Gasteiger charge is 2.38. The number of halogens is 1. The average Bonchev–Trinajstić information content (AvgIpc) is 2.18. The number of nitrogens with zero attached hydrogens (tertiary/aromatic N) is 2. The molecule has 3 nitrogen and oxygen atoms in total. The summed E-state index contributed by atoms with van der Waals surface area (Å²) in [7, 11) is 0. The molecule has 0 spiro atoms. The van der Waals surface area contributed by atoms with Crippen molar-refractivity contribution in [3.8, 4) is 0 Å². The van der Waals surface area contributed by atoms with E-state index in [2.05, 4.69) is 4.98 Å². The normalized spacial score (nSPS) is 20.0. The van der Waals surface area contributed by atoms with Crippen LogP contribution in [0.2, 0.25) is 0 Å². The molecule has 17 heavy (non-hydrogen) atoms. The highest BCUT2D eigenvalue weighted by molar-refractivity contribution is 5.82. The standard InChI is InChI=1S/C13H17FN2O/c1-13(2,3)12(17)16-7-6-10(16)9-4-5-11(14)15-8-9/h4-5,8,10H,6-7H2,1-3H3. The van der Waals surface area contributed by atoms with E-state index in [0.29, 0.717) is 0 Å². The fourth-order valence-electron chi connectivity index (χ4n) is 1.99. The van der Waals surface area contributed by atoms with Crippen molar-refractivity contribution in [3.63, 3.8) is 0 Å². The van der Waals surface area contributed by atoms with Crippen molar-refractivity contribution in [2.24, 2.45) is 5.41 Å². The Balaban J connectivity index is 2.14. The smallest absolute Gasteiger partial charge is 0.228 e. The van der Waals surface area contributed by atoms with E-state index in [1.807, 2.05) is 25.7 Å². The van der Waals surface area contributed by atoms with Crippen molar-refractivity contribution in [1.82, 2.24) is 9.88 Å². The molecule has 1 aliphatic heterocycles. The van der Waals surface area contributed by atoms with Crippen LogP contribution in [0.15, 0.2) is 18.3 Å². The van der Waals surface area contributed by atoms with Crippen LogP contribution in [0.5, 0.6) is 0 Å². The Bertz CT molecular complexity index is 422. The van der Waals surface area contributed by atoms with Crippen molar-refractivity contribution in [2.75, 3.05) is 6.54 Å². The van der Waals surface area contributed by atoms with Crippen LogP contribution in [-0.4, -0.2) is 22.3 Å². The summed E-state index contributed by atoms with van der Waals surface area (Å²) >= 11 is 0. The van der Waals surface area contributed by atoms with Crippen molar-refractivity contribution in [3.05, 3.63) is 29.8 Å². The first-order valence-electron chi connectivity index (χ1n) is 5.82. The van der Waals surface area contributed by atoms with E-state index in [9.17, 15) is 9.18 Å². The quantitative estimate of drug-likeness (QED) is 0.702. The lowest BCUT2D eigenvalue weighted by Gasteiger charge is -2.44. The van der Waals surface area contributed by atoms with Crippen LogP contribution >= 0.6 is 0 Å². The number of carbonyl (C=O) groups is 1. The number of aromatic nitrogens is 1. The Morgan fingerprint density at radius 1 is 1.47 bits per heavy atom. The lowest BCUT2D eigenvalue weighted by molar-refractivity contribution is -0.147. The lowest BCUT2D eigenvalue weighted by Crippen LogP contribution is -2.49. The van der Waals surface area contributed by atoms with Crippen LogP contribution in [0.25, 0.3) is 0 Å². The van der Waals surface area contributed by atoms with Gasteiger partial charge in [0.05, 0.1) is 6.04 Å². The number of hydrogen-bond acceptors (Lipinski definition) is 2. The zero-order chi connectivity index (χ0) is 12.6. The average molecular weight is 236 g/mol. The third kappa shape index (κ3) is 2.30. The van der Waals surface area contributed by atoms with Crippen LogP contribution in [0.3, 0.4) is 0 Å². The molecule has 2 rings (SSSR count). The van der Waals surface area contributed by atoms with Crippen molar-refractivity contribution in [1.29, 1.82) is 0 Å². The number of hydrogen-bond donors (Lipinski definition) is 0. The Morgan fingerprint density at radius 2 is 2.18 bits per heavy atom. The van der Waals surface area contributed by atoms with Gasteiger partial charge in [-0.15, -0.1) is 0 Å². The molecule has 92 valence electrons. The largest absolute Gasteiger partial charge is 0.335 e. The van der Waals surface area contributed by atoms with Gasteiger partial charge in [0.25, 0.3) is 0 Å². The minimum atomic E-state index is -0.484. The molecule has 1 aliphatic rings. The SMILES string of the molecule is CC(C)(C)C(=O)N1CCC1c1ccc(F)nc1. The topological polar surface area (TPSA) is 33.2 Å². The molecule has 1 saturated heterocycles. The predicted octanol–water partition coefficient (Wildman–Crippen LogP) is 2.54. The Labute approximate surface area is 101 Å². The summed E-state index contributed by atoms with van der Waals surface area (Å²) in [4.78, 5) is 17.6. The fraction of sp³-hybridized carbons (Fsp3) is 0.538. The molecule has 0 radical (unpaired) electrons. The van der Waals surface area contributed by atoms with Crippen molar-refractivity contribution in [2.45, 2.75) is 33.2 Å². The molecule has 0 N–H and O–H groups in total. The van der Waals surface area contributed by atoms with Crippen LogP contribution in [0.1, 0.15) is 38.8 Å². The highest BCUT2D eigenvalue weighted by atomic mass is 19.1. The fourth-order valence-corrected chi connectivity index (χ4v) is 1.99.